The molecule has 0 saturated carbocycles. The van der Waals surface area contributed by atoms with Gasteiger partial charge in [0.2, 0.25) is 34.8 Å². The number of nitrogens with zero attached hydrogens (tertiary/aromatic N) is 2. The van der Waals surface area contributed by atoms with Gasteiger partial charge >= 0.3 is 5.97 Å². The molecule has 4 nitrogen and oxygen atoms in total. The van der Waals surface area contributed by atoms with Gasteiger partial charge in [0.05, 0.1) is 5.02 Å². The van der Waals surface area contributed by atoms with Gasteiger partial charge in [-0.2, -0.15) is 8.78 Å². The molecule has 1 heterocycles. The van der Waals surface area contributed by atoms with Crippen molar-refractivity contribution < 1.29 is 31.5 Å². The van der Waals surface area contributed by atoms with E-state index in [4.69, 9.17) is 23.2 Å². The first-order chi connectivity index (χ1) is 15.7. The van der Waals surface area contributed by atoms with E-state index in [0.717, 1.165) is 6.20 Å². The Balaban J connectivity index is 1.81. The van der Waals surface area contributed by atoms with Gasteiger partial charge in [0, 0.05) is 22.5 Å². The Labute approximate surface area is 192 Å². The average Bonchev–Trinajstić information content (AvgIpc) is 3.25. The summed E-state index contributed by atoms with van der Waals surface area (Å²) >= 11 is 12.2. The van der Waals surface area contributed by atoms with Crippen molar-refractivity contribution in [2.24, 2.45) is 0 Å². The molecule has 0 radical (unpaired) electrons. The Hall–Kier alpha value is -3.43. The minimum Gasteiger partial charge on any atom is -0.415 e. The van der Waals surface area contributed by atoms with Gasteiger partial charge in [-0.3, -0.25) is 4.57 Å². The molecule has 1 aromatic heterocycles. The third kappa shape index (κ3) is 4.17. The summed E-state index contributed by atoms with van der Waals surface area (Å²) < 4.78 is 73.9. The number of rotatable bonds is 4. The zero-order valence-corrected chi connectivity index (χ0v) is 17.6. The molecule has 4 aromatic rings. The zero-order valence-electron chi connectivity index (χ0n) is 16.1. The average molecular weight is 499 g/mol. The number of carbonyl (C=O) groups is 1. The lowest BCUT2D eigenvalue weighted by atomic mass is 10.2. The quantitative estimate of drug-likeness (QED) is 0.103. The van der Waals surface area contributed by atoms with Crippen molar-refractivity contribution in [1.82, 2.24) is 9.55 Å². The van der Waals surface area contributed by atoms with Crippen LogP contribution in [0.3, 0.4) is 0 Å². The van der Waals surface area contributed by atoms with Gasteiger partial charge in [-0.05, 0) is 36.4 Å². The van der Waals surface area contributed by atoms with Crippen LogP contribution in [0.1, 0.15) is 10.5 Å². The number of hydrogen-bond donors (Lipinski definition) is 0. The molecular weight excluding hydrogens is 490 g/mol. The molecule has 11 heteroatoms. The maximum atomic E-state index is 13.9. The Morgan fingerprint density at radius 3 is 2.00 bits per heavy atom. The monoisotopic (exact) mass is 498 g/mol. The molecule has 168 valence electrons. The van der Waals surface area contributed by atoms with E-state index in [1.54, 1.807) is 48.5 Å². The van der Waals surface area contributed by atoms with Crippen LogP contribution in [0.15, 0.2) is 54.7 Å². The summed E-state index contributed by atoms with van der Waals surface area (Å²) in [6.45, 7) is 0. The first-order valence-corrected chi connectivity index (χ1v) is 9.78. The molecule has 3 aromatic carbocycles. The van der Waals surface area contributed by atoms with Crippen molar-refractivity contribution in [3.05, 3.63) is 99.6 Å². The topological polar surface area (TPSA) is 44.1 Å². The normalized spacial score (nSPS) is 11.0. The zero-order chi connectivity index (χ0) is 23.9. The minimum atomic E-state index is -2.38. The molecule has 0 aliphatic carbocycles. The summed E-state index contributed by atoms with van der Waals surface area (Å²) in [4.78, 5) is 16.7. The van der Waals surface area contributed by atoms with E-state index in [9.17, 15) is 26.7 Å². The van der Waals surface area contributed by atoms with E-state index in [-0.39, 0.29) is 10.8 Å². The Morgan fingerprint density at radius 2 is 1.39 bits per heavy atom. The molecule has 0 saturated heterocycles. The predicted molar refractivity (Wildman–Crippen MR) is 110 cm³/mol. The van der Waals surface area contributed by atoms with E-state index in [1.807, 2.05) is 0 Å². The van der Waals surface area contributed by atoms with Crippen molar-refractivity contribution in [2.75, 3.05) is 0 Å². The summed E-state index contributed by atoms with van der Waals surface area (Å²) in [6.07, 6.45) is 1.16. The lowest BCUT2D eigenvalue weighted by Crippen LogP contribution is -2.14. The summed E-state index contributed by atoms with van der Waals surface area (Å²) in [5, 5.41) is 0.710. The number of ether oxygens (including phenoxy) is 1. The first kappa shape index (κ1) is 22.8. The molecule has 0 fully saturated rings. The standard InChI is InChI=1S/C22H9Cl2F5N2O2/c23-10-5-7-11(8-6-10)31-9-14(30-21(31)12-3-1-2-4-13(12)24)22(32)33-20-18(28)16(26)15(25)17(27)19(20)29/h1-9H. The molecule has 0 aliphatic heterocycles. The van der Waals surface area contributed by atoms with Crippen LogP contribution in [0.4, 0.5) is 22.0 Å². The highest BCUT2D eigenvalue weighted by Crippen LogP contribution is 2.32. The number of carbonyl (C=O) groups excluding carboxylic acids is 1. The third-order valence-corrected chi connectivity index (χ3v) is 5.08. The number of aromatic nitrogens is 2. The second kappa shape index (κ2) is 8.84. The summed E-state index contributed by atoms with van der Waals surface area (Å²) in [5.41, 5.74) is 0.394. The van der Waals surface area contributed by atoms with Gasteiger partial charge < -0.3 is 4.74 Å². The second-order valence-corrected chi connectivity index (χ2v) is 7.41. The van der Waals surface area contributed by atoms with Crippen LogP contribution in [0.25, 0.3) is 17.1 Å². The number of benzene rings is 3. The molecular formula is C22H9Cl2F5N2O2. The molecule has 0 spiro atoms. The number of esters is 1. The highest BCUT2D eigenvalue weighted by atomic mass is 35.5. The molecule has 4 rings (SSSR count). The van der Waals surface area contributed by atoms with Crippen LogP contribution in [0.2, 0.25) is 10.0 Å². The van der Waals surface area contributed by atoms with Crippen LogP contribution >= 0.6 is 23.2 Å². The fraction of sp³-hybridized carbons (Fsp3) is 0. The lowest BCUT2D eigenvalue weighted by molar-refractivity contribution is 0.0710. The molecule has 0 bridgehead atoms. The molecule has 33 heavy (non-hydrogen) atoms. The van der Waals surface area contributed by atoms with Gasteiger partial charge in [-0.25, -0.2) is 22.9 Å². The summed E-state index contributed by atoms with van der Waals surface area (Å²) in [7, 11) is 0. The van der Waals surface area contributed by atoms with Crippen LogP contribution in [-0.4, -0.2) is 15.5 Å². The van der Waals surface area contributed by atoms with Crippen LogP contribution in [0.5, 0.6) is 5.75 Å². The lowest BCUT2D eigenvalue weighted by Gasteiger charge is -2.09. The number of halogens is 7. The highest BCUT2D eigenvalue weighted by Gasteiger charge is 2.30. The van der Waals surface area contributed by atoms with Crippen LogP contribution in [-0.2, 0) is 0 Å². The molecule has 0 aliphatic rings. The maximum Gasteiger partial charge on any atom is 0.364 e. The fourth-order valence-electron chi connectivity index (χ4n) is 2.93. The van der Waals surface area contributed by atoms with Gasteiger partial charge in [0.25, 0.3) is 0 Å². The Morgan fingerprint density at radius 1 is 0.818 bits per heavy atom. The summed E-state index contributed by atoms with van der Waals surface area (Å²) in [5.74, 6) is -14.5. The Kier molecular flexibility index (Phi) is 6.09. The first-order valence-electron chi connectivity index (χ1n) is 9.03. The van der Waals surface area contributed by atoms with Crippen molar-refractivity contribution in [3.63, 3.8) is 0 Å². The fourth-order valence-corrected chi connectivity index (χ4v) is 3.28. The van der Waals surface area contributed by atoms with Crippen molar-refractivity contribution in [2.45, 2.75) is 0 Å². The molecule has 0 atom stereocenters. The second-order valence-electron chi connectivity index (χ2n) is 6.56. The third-order valence-electron chi connectivity index (χ3n) is 4.50. The maximum absolute atomic E-state index is 13.9. The van der Waals surface area contributed by atoms with Crippen LogP contribution < -0.4 is 4.74 Å². The Bertz CT molecular complexity index is 1360. The van der Waals surface area contributed by atoms with Crippen molar-refractivity contribution in [3.8, 4) is 22.8 Å². The van der Waals surface area contributed by atoms with Gasteiger partial charge in [-0.1, -0.05) is 35.3 Å². The number of hydrogen-bond acceptors (Lipinski definition) is 3. The van der Waals surface area contributed by atoms with E-state index < -0.39 is 46.5 Å². The van der Waals surface area contributed by atoms with Gasteiger partial charge in [0.1, 0.15) is 5.82 Å². The minimum absolute atomic E-state index is 0.146. The molecule has 0 N–H and O–H groups in total. The SMILES string of the molecule is O=C(Oc1c(F)c(F)c(F)c(F)c1F)c1cn(-c2ccc(Cl)cc2)c(-c2ccccc2Cl)n1. The van der Waals surface area contributed by atoms with E-state index in [0.29, 0.717) is 16.3 Å². The molecule has 0 unspecified atom stereocenters. The van der Waals surface area contributed by atoms with E-state index in [2.05, 4.69) is 9.72 Å². The smallest absolute Gasteiger partial charge is 0.364 e. The molecule has 0 amide bonds. The predicted octanol–water partition coefficient (Wildman–Crippen LogP) is 6.76. The van der Waals surface area contributed by atoms with Crippen molar-refractivity contribution >= 4 is 29.2 Å². The van der Waals surface area contributed by atoms with Gasteiger partial charge in [0.15, 0.2) is 5.69 Å². The van der Waals surface area contributed by atoms with E-state index in [1.165, 1.54) is 4.57 Å². The summed E-state index contributed by atoms with van der Waals surface area (Å²) in [6, 6.07) is 12.8. The van der Waals surface area contributed by atoms with Gasteiger partial charge in [-0.15, -0.1) is 0 Å². The highest BCUT2D eigenvalue weighted by molar-refractivity contribution is 6.33. The van der Waals surface area contributed by atoms with Crippen molar-refractivity contribution in [1.29, 1.82) is 0 Å². The van der Waals surface area contributed by atoms with E-state index >= 15 is 0 Å². The van der Waals surface area contributed by atoms with Crippen LogP contribution in [0, 0.1) is 29.1 Å². The largest absolute Gasteiger partial charge is 0.415 e. The number of imidazole rings is 1.